The van der Waals surface area contributed by atoms with Crippen molar-refractivity contribution >= 4 is 52.7 Å². The van der Waals surface area contributed by atoms with Crippen molar-refractivity contribution in [2.75, 3.05) is 0 Å². The van der Waals surface area contributed by atoms with Crippen molar-refractivity contribution in [3.05, 3.63) is 65.5 Å². The van der Waals surface area contributed by atoms with Crippen molar-refractivity contribution in [3.63, 3.8) is 0 Å². The molecule has 2 radical (unpaired) electrons. The third-order valence-electron chi connectivity index (χ3n) is 4.17. The zero-order valence-corrected chi connectivity index (χ0v) is 25.6. The Kier molecular flexibility index (Phi) is 34.7. The molecule has 1 unspecified atom stereocenters. The first-order valence-corrected chi connectivity index (χ1v) is 9.82. The summed E-state index contributed by atoms with van der Waals surface area (Å²) in [5, 5.41) is 1.42. The summed E-state index contributed by atoms with van der Waals surface area (Å²) in [5.41, 5.74) is 7.18. The Labute approximate surface area is 219 Å². The Bertz CT molecular complexity index is 556. The van der Waals surface area contributed by atoms with Crippen molar-refractivity contribution in [1.82, 2.24) is 0 Å². The van der Waals surface area contributed by atoms with Gasteiger partial charge in [-0.2, -0.15) is 31.9 Å². The zero-order valence-electron chi connectivity index (χ0n) is 20.2. The standard InChI is InChI=1S/C10H15Si.C9H13.C4H9.CH3.3ClH.Ti/c1-3-8-5-9(4-2)7-10(11)6-8;1-6-5-7(2)9(4)8(6)3;1-4(2)3;;;;;/h5-7H,3-4,11H2,1-2H3;6H,1-4H3;1-3H3;1H3;3*1H;/q;3*-1;;;;+3. The fraction of sp³-hybridized carbons (Fsp3) is 0.500. The molecule has 1 aliphatic carbocycles. The van der Waals surface area contributed by atoms with Crippen LogP contribution in [-0.2, 0) is 34.6 Å². The maximum atomic E-state index is 3.36. The summed E-state index contributed by atoms with van der Waals surface area (Å²) < 4.78 is 0. The van der Waals surface area contributed by atoms with Gasteiger partial charge in [0.05, 0.1) is 0 Å². The Morgan fingerprint density at radius 2 is 1.24 bits per heavy atom. The van der Waals surface area contributed by atoms with Gasteiger partial charge in [0.15, 0.2) is 0 Å². The minimum Gasteiger partial charge on any atom is -0.358 e. The summed E-state index contributed by atoms with van der Waals surface area (Å²) in [4.78, 5) is 0. The van der Waals surface area contributed by atoms with E-state index in [1.807, 2.05) is 10.2 Å². The van der Waals surface area contributed by atoms with Crippen LogP contribution in [0.4, 0.5) is 0 Å². The van der Waals surface area contributed by atoms with E-state index < -0.39 is 0 Å². The van der Waals surface area contributed by atoms with Gasteiger partial charge in [-0.25, -0.2) is 5.57 Å². The second-order valence-electron chi connectivity index (χ2n) is 7.16. The number of allylic oxidation sites excluding steroid dienone is 4. The number of hydrogen-bond donors (Lipinski definition) is 0. The van der Waals surface area contributed by atoms with Crippen molar-refractivity contribution in [2.45, 2.75) is 75.2 Å². The summed E-state index contributed by atoms with van der Waals surface area (Å²) >= 11 is 0. The molecule has 2 rings (SSSR count). The van der Waals surface area contributed by atoms with Gasteiger partial charge in [0.2, 0.25) is 0 Å². The average molecular weight is 514 g/mol. The molecule has 1 aliphatic rings. The third kappa shape index (κ3) is 18.9. The minimum absolute atomic E-state index is 0. The van der Waals surface area contributed by atoms with E-state index in [9.17, 15) is 0 Å². The van der Waals surface area contributed by atoms with Crippen LogP contribution in [0.1, 0.15) is 73.4 Å². The van der Waals surface area contributed by atoms with Crippen molar-refractivity contribution in [1.29, 1.82) is 0 Å². The third-order valence-corrected chi connectivity index (χ3v) is 4.57. The predicted molar refractivity (Wildman–Crippen MR) is 142 cm³/mol. The number of aryl methyl sites for hydroxylation is 2. The molecule has 0 N–H and O–H groups in total. The molecule has 1 aromatic carbocycles. The SMILES string of the molecule is CC1=[C-]C(C)C(C)=C1C.CCc1cc([SiH2])cc(CC)c1.C[C-](C)C.Cl.Cl.Cl.[CH3-].[Ti+3]. The molecule has 0 aliphatic heterocycles. The van der Waals surface area contributed by atoms with E-state index in [0.717, 1.165) is 12.8 Å². The molecular formula is C24H43Cl3SiTi. The van der Waals surface area contributed by atoms with Crippen molar-refractivity contribution in [2.24, 2.45) is 5.92 Å². The first kappa shape index (κ1) is 43.4. The van der Waals surface area contributed by atoms with Crippen LogP contribution in [0.2, 0.25) is 0 Å². The molecule has 0 saturated carbocycles. The summed E-state index contributed by atoms with van der Waals surface area (Å²) in [5.74, 6) is 1.98. The Balaban J connectivity index is -0.0000000679. The van der Waals surface area contributed by atoms with Crippen LogP contribution in [0.25, 0.3) is 0 Å². The predicted octanol–water partition coefficient (Wildman–Crippen LogP) is 7.13. The van der Waals surface area contributed by atoms with Gasteiger partial charge < -0.3 is 13.3 Å². The maximum Gasteiger partial charge on any atom is 3.00 e. The summed E-state index contributed by atoms with van der Waals surface area (Å²) in [6.45, 7) is 19.3. The van der Waals surface area contributed by atoms with E-state index in [2.05, 4.69) is 86.6 Å². The minimum atomic E-state index is 0. The van der Waals surface area contributed by atoms with Crippen LogP contribution in [0.15, 0.2) is 34.9 Å². The molecule has 0 saturated heterocycles. The maximum absolute atomic E-state index is 3.36. The molecule has 168 valence electrons. The molecule has 0 amide bonds. The molecule has 0 bridgehead atoms. The van der Waals surface area contributed by atoms with E-state index >= 15 is 0 Å². The molecular weight excluding hydrogens is 471 g/mol. The second kappa shape index (κ2) is 23.2. The Morgan fingerprint density at radius 3 is 1.41 bits per heavy atom. The first-order valence-electron chi connectivity index (χ1n) is 9.11. The number of rotatable bonds is 2. The molecule has 29 heavy (non-hydrogen) atoms. The van der Waals surface area contributed by atoms with E-state index in [1.165, 1.54) is 39.0 Å². The molecule has 0 fully saturated rings. The van der Waals surface area contributed by atoms with E-state index in [0.29, 0.717) is 5.92 Å². The van der Waals surface area contributed by atoms with Gasteiger partial charge >= 0.3 is 21.7 Å². The Hall–Kier alpha value is 0.501. The summed E-state index contributed by atoms with van der Waals surface area (Å²) in [6.07, 6.45) is 5.66. The number of halogens is 3. The zero-order chi connectivity index (χ0) is 18.9. The fourth-order valence-electron chi connectivity index (χ4n) is 2.41. The van der Waals surface area contributed by atoms with Gasteiger partial charge in [0.1, 0.15) is 0 Å². The number of hydrogen-bond acceptors (Lipinski definition) is 0. The second-order valence-corrected chi connectivity index (χ2v) is 7.98. The normalized spacial score (nSPS) is 13.5. The average Bonchev–Trinajstić information content (AvgIpc) is 2.73. The molecule has 0 spiro atoms. The molecule has 1 atom stereocenters. The van der Waals surface area contributed by atoms with Crippen LogP contribution in [0, 0.1) is 25.3 Å². The van der Waals surface area contributed by atoms with E-state index in [4.69, 9.17) is 0 Å². The molecule has 0 nitrogen and oxygen atoms in total. The van der Waals surface area contributed by atoms with Crippen LogP contribution < -0.4 is 5.19 Å². The van der Waals surface area contributed by atoms with Crippen LogP contribution in [-0.4, -0.2) is 10.2 Å². The smallest absolute Gasteiger partial charge is 0.358 e. The fourth-order valence-corrected chi connectivity index (χ4v) is 2.93. The van der Waals surface area contributed by atoms with Gasteiger partial charge in [-0.05, 0) is 24.0 Å². The van der Waals surface area contributed by atoms with Gasteiger partial charge in [-0.15, -0.1) is 44.1 Å². The molecule has 0 heterocycles. The van der Waals surface area contributed by atoms with Crippen LogP contribution in [0.5, 0.6) is 0 Å². The summed E-state index contributed by atoms with van der Waals surface area (Å²) in [6, 6.07) is 6.85. The van der Waals surface area contributed by atoms with E-state index in [-0.39, 0.29) is 66.4 Å². The number of benzene rings is 1. The van der Waals surface area contributed by atoms with Crippen molar-refractivity contribution < 1.29 is 21.7 Å². The van der Waals surface area contributed by atoms with E-state index in [1.54, 1.807) is 0 Å². The molecule has 1 aromatic rings. The van der Waals surface area contributed by atoms with Gasteiger partial charge in [-0.1, -0.05) is 63.9 Å². The quantitative estimate of drug-likeness (QED) is 0.292. The van der Waals surface area contributed by atoms with Crippen LogP contribution in [0.3, 0.4) is 0 Å². The Morgan fingerprint density at radius 1 is 0.897 bits per heavy atom. The molecule has 5 heteroatoms. The summed E-state index contributed by atoms with van der Waals surface area (Å²) in [7, 11) is 1.97. The molecule has 0 aromatic heterocycles. The monoisotopic (exact) mass is 512 g/mol. The topological polar surface area (TPSA) is 0 Å². The van der Waals surface area contributed by atoms with Crippen molar-refractivity contribution in [3.8, 4) is 0 Å². The van der Waals surface area contributed by atoms with Crippen LogP contribution >= 0.6 is 37.2 Å². The first-order chi connectivity index (χ1) is 11.1. The van der Waals surface area contributed by atoms with Gasteiger partial charge in [0.25, 0.3) is 0 Å². The van der Waals surface area contributed by atoms with Gasteiger partial charge in [0, 0.05) is 10.2 Å². The van der Waals surface area contributed by atoms with Gasteiger partial charge in [-0.3, -0.25) is 6.08 Å². The largest absolute Gasteiger partial charge is 3.00 e.